The van der Waals surface area contributed by atoms with Gasteiger partial charge in [-0.05, 0) is 19.1 Å². The molecule has 0 aliphatic carbocycles. The summed E-state index contributed by atoms with van der Waals surface area (Å²) < 4.78 is 37.9. The van der Waals surface area contributed by atoms with Crippen LogP contribution in [-0.4, -0.2) is 20.8 Å². The number of carbonyl (C=O) groups is 1. The van der Waals surface area contributed by atoms with Crippen LogP contribution in [0.2, 0.25) is 10.0 Å². The van der Waals surface area contributed by atoms with E-state index in [-0.39, 0.29) is 27.9 Å². The van der Waals surface area contributed by atoms with Crippen molar-refractivity contribution >= 4 is 29.0 Å². The fraction of sp³-hybridized carbons (Fsp3) is 0.250. The average molecular weight is 338 g/mol. The number of carbonyl (C=O) groups excluding carboxylic acids is 1. The summed E-state index contributed by atoms with van der Waals surface area (Å²) in [7, 11) is 0. The first-order valence-corrected chi connectivity index (χ1v) is 6.41. The van der Waals surface area contributed by atoms with E-state index in [1.54, 1.807) is 0 Å². The van der Waals surface area contributed by atoms with Gasteiger partial charge in [-0.1, -0.05) is 23.2 Å². The molecule has 0 N–H and O–H groups in total. The number of halogens is 5. The predicted molar refractivity (Wildman–Crippen MR) is 70.8 cm³/mol. The molecule has 0 amide bonds. The van der Waals surface area contributed by atoms with Gasteiger partial charge < -0.3 is 0 Å². The summed E-state index contributed by atoms with van der Waals surface area (Å²) in [4.78, 5) is 12.0. The van der Waals surface area contributed by atoms with Crippen LogP contribution in [0, 0.1) is 0 Å². The Bertz CT molecular complexity index is 674. The van der Waals surface area contributed by atoms with E-state index in [0.29, 0.717) is 5.69 Å². The summed E-state index contributed by atoms with van der Waals surface area (Å²) in [6, 6.07) is 1.49. The van der Waals surface area contributed by atoms with Gasteiger partial charge in [0.05, 0.1) is 33.9 Å². The Hall–Kier alpha value is -1.60. The van der Waals surface area contributed by atoms with Gasteiger partial charge in [-0.3, -0.25) is 4.79 Å². The summed E-state index contributed by atoms with van der Waals surface area (Å²) in [5.41, 5.74) is -0.562. The second-order valence-electron chi connectivity index (χ2n) is 4.29. The van der Waals surface area contributed by atoms with E-state index in [1.165, 1.54) is 13.1 Å². The zero-order valence-corrected chi connectivity index (χ0v) is 12.1. The van der Waals surface area contributed by atoms with Crippen molar-refractivity contribution < 1.29 is 18.0 Å². The molecule has 0 saturated heterocycles. The van der Waals surface area contributed by atoms with Crippen LogP contribution in [0.5, 0.6) is 0 Å². The highest BCUT2D eigenvalue weighted by Gasteiger charge is 2.32. The maximum Gasteiger partial charge on any atom is 0.416 e. The lowest BCUT2D eigenvalue weighted by molar-refractivity contribution is -0.137. The second-order valence-corrected chi connectivity index (χ2v) is 5.10. The topological polar surface area (TPSA) is 47.8 Å². The van der Waals surface area contributed by atoms with Crippen molar-refractivity contribution in [1.29, 1.82) is 0 Å². The van der Waals surface area contributed by atoms with E-state index in [4.69, 9.17) is 23.2 Å². The molecule has 4 nitrogen and oxygen atoms in total. The Morgan fingerprint density at radius 3 is 2.33 bits per heavy atom. The minimum Gasteiger partial charge on any atom is -0.300 e. The van der Waals surface area contributed by atoms with Crippen LogP contribution in [0.25, 0.3) is 5.69 Å². The van der Waals surface area contributed by atoms with E-state index in [1.807, 2.05) is 0 Å². The zero-order chi connectivity index (χ0) is 15.8. The molecule has 0 fully saturated rings. The number of aromatic nitrogens is 3. The lowest BCUT2D eigenvalue weighted by Gasteiger charge is -2.11. The average Bonchev–Trinajstić information content (AvgIpc) is 2.74. The molecule has 2 aromatic rings. The van der Waals surface area contributed by atoms with Crippen molar-refractivity contribution in [3.8, 4) is 5.69 Å². The summed E-state index contributed by atoms with van der Waals surface area (Å²) >= 11 is 11.7. The van der Waals surface area contributed by atoms with Gasteiger partial charge in [-0.25, -0.2) is 0 Å². The Morgan fingerprint density at radius 1 is 1.29 bits per heavy atom. The molecule has 9 heteroatoms. The largest absolute Gasteiger partial charge is 0.416 e. The maximum absolute atomic E-state index is 12.6. The van der Waals surface area contributed by atoms with Gasteiger partial charge >= 0.3 is 6.18 Å². The number of hydrogen-bond acceptors (Lipinski definition) is 3. The monoisotopic (exact) mass is 337 g/mol. The lowest BCUT2D eigenvalue weighted by Crippen LogP contribution is -2.08. The Morgan fingerprint density at radius 2 is 1.86 bits per heavy atom. The molecule has 0 spiro atoms. The minimum atomic E-state index is -4.55. The van der Waals surface area contributed by atoms with Crippen molar-refractivity contribution in [3.05, 3.63) is 39.6 Å². The number of nitrogens with zero attached hydrogens (tertiary/aromatic N) is 3. The van der Waals surface area contributed by atoms with Gasteiger partial charge in [0.1, 0.15) is 11.5 Å². The molecule has 2 rings (SSSR count). The molecule has 0 radical (unpaired) electrons. The second kappa shape index (κ2) is 5.65. The summed E-state index contributed by atoms with van der Waals surface area (Å²) in [6.07, 6.45) is -3.16. The Kier molecular flexibility index (Phi) is 4.25. The maximum atomic E-state index is 12.6. The van der Waals surface area contributed by atoms with Crippen LogP contribution < -0.4 is 0 Å². The highest BCUT2D eigenvalue weighted by molar-refractivity contribution is 6.37. The molecule has 1 aromatic heterocycles. The van der Waals surface area contributed by atoms with E-state index in [2.05, 4.69) is 10.2 Å². The zero-order valence-electron chi connectivity index (χ0n) is 10.6. The van der Waals surface area contributed by atoms with Crippen LogP contribution in [0.3, 0.4) is 0 Å². The highest BCUT2D eigenvalue weighted by atomic mass is 35.5. The fourth-order valence-electron chi connectivity index (χ4n) is 1.66. The standard InChI is InChI=1S/C12H8Cl2F3N3O/c1-6(21)2-8-5-18-20(19-8)11-9(13)3-7(4-10(11)14)12(15,16)17/h3-5H,2H2,1H3. The van der Waals surface area contributed by atoms with Crippen molar-refractivity contribution in [3.63, 3.8) is 0 Å². The third kappa shape index (κ3) is 3.54. The third-order valence-electron chi connectivity index (χ3n) is 2.51. The minimum absolute atomic E-state index is 0.0288. The van der Waals surface area contributed by atoms with Gasteiger partial charge in [-0.2, -0.15) is 23.4 Å². The molecule has 0 saturated carbocycles. The van der Waals surface area contributed by atoms with Gasteiger partial charge in [-0.15, -0.1) is 4.80 Å². The van der Waals surface area contributed by atoms with Crippen LogP contribution >= 0.6 is 23.2 Å². The quantitative estimate of drug-likeness (QED) is 0.857. The summed E-state index contributed by atoms with van der Waals surface area (Å²) in [5, 5.41) is 7.35. The summed E-state index contributed by atoms with van der Waals surface area (Å²) in [5.74, 6) is -0.119. The van der Waals surface area contributed by atoms with Crippen molar-refractivity contribution in [2.24, 2.45) is 0 Å². The smallest absolute Gasteiger partial charge is 0.300 e. The molecule has 21 heavy (non-hydrogen) atoms. The molecular formula is C12H8Cl2F3N3O. The summed E-state index contributed by atoms with van der Waals surface area (Å²) in [6.45, 7) is 1.39. The lowest BCUT2D eigenvalue weighted by atomic mass is 10.2. The van der Waals surface area contributed by atoms with E-state index in [0.717, 1.165) is 16.9 Å². The van der Waals surface area contributed by atoms with Crippen LogP contribution in [0.15, 0.2) is 18.3 Å². The molecule has 1 heterocycles. The number of Topliss-reactive ketones (excluding diaryl/α,β-unsaturated/α-hetero) is 1. The number of hydrogen-bond donors (Lipinski definition) is 0. The predicted octanol–water partition coefficient (Wildman–Crippen LogP) is 3.72. The first kappa shape index (κ1) is 15.8. The molecule has 0 bridgehead atoms. The van der Waals surface area contributed by atoms with Gasteiger partial charge in [0.25, 0.3) is 0 Å². The highest BCUT2D eigenvalue weighted by Crippen LogP contribution is 2.37. The molecule has 0 aliphatic rings. The van der Waals surface area contributed by atoms with Gasteiger partial charge in [0.2, 0.25) is 0 Å². The van der Waals surface area contributed by atoms with Crippen molar-refractivity contribution in [2.75, 3.05) is 0 Å². The van der Waals surface area contributed by atoms with Gasteiger partial charge in [0, 0.05) is 0 Å². The van der Waals surface area contributed by atoms with E-state index in [9.17, 15) is 18.0 Å². The number of benzene rings is 1. The van der Waals surface area contributed by atoms with Crippen LogP contribution in [0.1, 0.15) is 18.2 Å². The third-order valence-corrected chi connectivity index (χ3v) is 3.09. The molecular weight excluding hydrogens is 330 g/mol. The fourth-order valence-corrected chi connectivity index (χ4v) is 2.30. The van der Waals surface area contributed by atoms with Crippen molar-refractivity contribution in [2.45, 2.75) is 19.5 Å². The van der Waals surface area contributed by atoms with Gasteiger partial charge in [0.15, 0.2) is 0 Å². The normalized spacial score (nSPS) is 11.7. The SMILES string of the molecule is CC(=O)Cc1cnn(-c2c(Cl)cc(C(F)(F)F)cc2Cl)n1. The molecule has 1 aromatic carbocycles. The number of ketones is 1. The van der Waals surface area contributed by atoms with E-state index >= 15 is 0 Å². The van der Waals surface area contributed by atoms with Crippen molar-refractivity contribution in [1.82, 2.24) is 15.0 Å². The Balaban J connectivity index is 2.45. The molecule has 0 atom stereocenters. The van der Waals surface area contributed by atoms with Crippen LogP contribution in [-0.2, 0) is 17.4 Å². The van der Waals surface area contributed by atoms with Crippen LogP contribution in [0.4, 0.5) is 13.2 Å². The van der Waals surface area contributed by atoms with E-state index < -0.39 is 11.7 Å². The molecule has 0 aliphatic heterocycles. The first-order chi connectivity index (χ1) is 9.68. The molecule has 0 unspecified atom stereocenters. The Labute approximate surface area is 127 Å². The first-order valence-electron chi connectivity index (χ1n) is 5.65. The molecule has 112 valence electrons. The number of rotatable bonds is 3. The number of alkyl halides is 3.